The van der Waals surface area contributed by atoms with Crippen LogP contribution in [-0.2, 0) is 16.1 Å². The molecule has 0 radical (unpaired) electrons. The molecular formula is C17H26N4O5. The first-order valence-corrected chi connectivity index (χ1v) is 8.53. The first kappa shape index (κ1) is 19.8. The summed E-state index contributed by atoms with van der Waals surface area (Å²) in [5, 5.41) is 4.82. The normalized spacial score (nSPS) is 15.4. The molecule has 0 spiro atoms. The maximum atomic E-state index is 12.0. The number of carbonyl (C=O) groups is 3. The van der Waals surface area contributed by atoms with Crippen molar-refractivity contribution >= 4 is 18.0 Å². The van der Waals surface area contributed by atoms with Gasteiger partial charge in [0.2, 0.25) is 5.91 Å². The summed E-state index contributed by atoms with van der Waals surface area (Å²) in [4.78, 5) is 39.1. The van der Waals surface area contributed by atoms with Gasteiger partial charge >= 0.3 is 12.1 Å². The van der Waals surface area contributed by atoms with Gasteiger partial charge < -0.3 is 19.4 Å². The number of furan rings is 1. The molecule has 0 unspecified atom stereocenters. The van der Waals surface area contributed by atoms with Gasteiger partial charge in [-0.3, -0.25) is 15.0 Å². The predicted molar refractivity (Wildman–Crippen MR) is 93.3 cm³/mol. The molecule has 2 heterocycles. The number of hydrogen-bond acceptors (Lipinski definition) is 6. The molecule has 1 aromatic heterocycles. The third-order valence-electron chi connectivity index (χ3n) is 3.65. The van der Waals surface area contributed by atoms with Crippen molar-refractivity contribution < 1.29 is 23.5 Å². The number of imide groups is 1. The van der Waals surface area contributed by atoms with Crippen LogP contribution >= 0.6 is 0 Å². The second-order valence-electron chi connectivity index (χ2n) is 7.05. The average Bonchev–Trinajstić information content (AvgIpc) is 3.05. The molecule has 0 atom stereocenters. The van der Waals surface area contributed by atoms with E-state index in [1.807, 2.05) is 25.7 Å². The van der Waals surface area contributed by atoms with Crippen LogP contribution in [0.3, 0.4) is 0 Å². The Hall–Kier alpha value is -2.55. The largest absolute Gasteiger partial charge is 0.467 e. The maximum Gasteiger partial charge on any atom is 0.410 e. The van der Waals surface area contributed by atoms with E-state index in [1.54, 1.807) is 17.0 Å². The molecule has 1 aliphatic heterocycles. The maximum absolute atomic E-state index is 12.0. The van der Waals surface area contributed by atoms with Crippen molar-refractivity contribution in [2.45, 2.75) is 32.9 Å². The standard InChI is InChI=1S/C17H26N4O5/c1-17(2,3)26-16(24)21-8-6-20(7-9-21)12-14(22)19-15(23)18-11-13-5-4-10-25-13/h4-5,10H,6-9,11-12H2,1-3H3,(H2,18,19,22,23). The number of amides is 4. The summed E-state index contributed by atoms with van der Waals surface area (Å²) in [6.07, 6.45) is 1.16. The topological polar surface area (TPSA) is 104 Å². The number of nitrogens with zero attached hydrogens (tertiary/aromatic N) is 2. The molecule has 2 rings (SSSR count). The minimum atomic E-state index is -0.571. The number of rotatable bonds is 4. The highest BCUT2D eigenvalue weighted by molar-refractivity contribution is 5.95. The Morgan fingerprint density at radius 3 is 2.46 bits per heavy atom. The van der Waals surface area contributed by atoms with Crippen molar-refractivity contribution in [1.82, 2.24) is 20.4 Å². The van der Waals surface area contributed by atoms with E-state index >= 15 is 0 Å². The smallest absolute Gasteiger partial charge is 0.410 e. The molecule has 1 fully saturated rings. The summed E-state index contributed by atoms with van der Waals surface area (Å²) in [7, 11) is 0. The van der Waals surface area contributed by atoms with Crippen molar-refractivity contribution in [2.24, 2.45) is 0 Å². The zero-order valence-electron chi connectivity index (χ0n) is 15.4. The number of nitrogens with one attached hydrogen (secondary N) is 2. The van der Waals surface area contributed by atoms with Crippen molar-refractivity contribution in [1.29, 1.82) is 0 Å². The van der Waals surface area contributed by atoms with E-state index in [4.69, 9.17) is 9.15 Å². The van der Waals surface area contributed by atoms with Gasteiger partial charge in [0.25, 0.3) is 0 Å². The van der Waals surface area contributed by atoms with Gasteiger partial charge in [-0.2, -0.15) is 0 Å². The fraction of sp³-hybridized carbons (Fsp3) is 0.588. The Kier molecular flexibility index (Phi) is 6.62. The molecule has 1 saturated heterocycles. The van der Waals surface area contributed by atoms with Gasteiger partial charge in [0.15, 0.2) is 0 Å². The van der Waals surface area contributed by atoms with Gasteiger partial charge in [-0.25, -0.2) is 9.59 Å². The van der Waals surface area contributed by atoms with Crippen LogP contribution in [0.4, 0.5) is 9.59 Å². The van der Waals surface area contributed by atoms with E-state index < -0.39 is 17.5 Å². The summed E-state index contributed by atoms with van der Waals surface area (Å²) in [6.45, 7) is 7.81. The number of ether oxygens (including phenoxy) is 1. The molecule has 0 saturated carbocycles. The summed E-state index contributed by atoms with van der Waals surface area (Å²) in [5.41, 5.74) is -0.531. The van der Waals surface area contributed by atoms with Crippen LogP contribution in [0.1, 0.15) is 26.5 Å². The van der Waals surface area contributed by atoms with E-state index in [-0.39, 0.29) is 19.2 Å². The van der Waals surface area contributed by atoms with Crippen molar-refractivity contribution in [3.8, 4) is 0 Å². The molecule has 144 valence electrons. The first-order valence-electron chi connectivity index (χ1n) is 8.53. The molecule has 2 N–H and O–H groups in total. The predicted octanol–water partition coefficient (Wildman–Crippen LogP) is 1.16. The van der Waals surface area contributed by atoms with Crippen LogP contribution in [0.15, 0.2) is 22.8 Å². The lowest BCUT2D eigenvalue weighted by atomic mass is 10.2. The molecule has 0 aromatic carbocycles. The van der Waals surface area contributed by atoms with E-state index in [0.29, 0.717) is 31.9 Å². The highest BCUT2D eigenvalue weighted by Gasteiger charge is 2.26. The average molecular weight is 366 g/mol. The van der Waals surface area contributed by atoms with Gasteiger partial charge in [0.05, 0.1) is 19.4 Å². The Morgan fingerprint density at radius 1 is 1.19 bits per heavy atom. The number of urea groups is 1. The van der Waals surface area contributed by atoms with E-state index in [1.165, 1.54) is 6.26 Å². The minimum Gasteiger partial charge on any atom is -0.467 e. The first-order chi connectivity index (χ1) is 12.2. The summed E-state index contributed by atoms with van der Waals surface area (Å²) < 4.78 is 10.4. The molecule has 9 nitrogen and oxygen atoms in total. The van der Waals surface area contributed by atoms with Crippen LogP contribution in [0.25, 0.3) is 0 Å². The molecule has 4 amide bonds. The number of hydrogen-bond donors (Lipinski definition) is 2. The van der Waals surface area contributed by atoms with Gasteiger partial charge in [0, 0.05) is 26.2 Å². The van der Waals surface area contributed by atoms with Crippen LogP contribution in [0, 0.1) is 0 Å². The van der Waals surface area contributed by atoms with E-state index in [2.05, 4.69) is 10.6 Å². The van der Waals surface area contributed by atoms with Gasteiger partial charge in [0.1, 0.15) is 11.4 Å². The fourth-order valence-electron chi connectivity index (χ4n) is 2.41. The fourth-order valence-corrected chi connectivity index (χ4v) is 2.41. The third kappa shape index (κ3) is 6.75. The molecule has 26 heavy (non-hydrogen) atoms. The van der Waals surface area contributed by atoms with Crippen LogP contribution in [0.5, 0.6) is 0 Å². The third-order valence-corrected chi connectivity index (χ3v) is 3.65. The Labute approximate surface area is 152 Å². The Bertz CT molecular complexity index is 616. The number of carbonyl (C=O) groups excluding carboxylic acids is 3. The summed E-state index contributed by atoms with van der Waals surface area (Å²) in [6, 6.07) is 2.88. The molecule has 9 heteroatoms. The van der Waals surface area contributed by atoms with Gasteiger partial charge in [-0.05, 0) is 32.9 Å². The van der Waals surface area contributed by atoms with E-state index in [9.17, 15) is 14.4 Å². The summed E-state index contributed by atoms with van der Waals surface area (Å²) in [5.74, 6) is 0.207. The lowest BCUT2D eigenvalue weighted by Gasteiger charge is -2.35. The SMILES string of the molecule is CC(C)(C)OC(=O)N1CCN(CC(=O)NC(=O)NCc2ccco2)CC1. The van der Waals surface area contributed by atoms with Crippen molar-refractivity contribution in [3.63, 3.8) is 0 Å². The number of piperazine rings is 1. The molecular weight excluding hydrogens is 340 g/mol. The summed E-state index contributed by atoms with van der Waals surface area (Å²) >= 11 is 0. The van der Waals surface area contributed by atoms with Crippen LogP contribution in [-0.4, -0.2) is 66.2 Å². The van der Waals surface area contributed by atoms with Crippen molar-refractivity contribution in [3.05, 3.63) is 24.2 Å². The lowest BCUT2D eigenvalue weighted by molar-refractivity contribution is -0.121. The van der Waals surface area contributed by atoms with E-state index in [0.717, 1.165) is 0 Å². The minimum absolute atomic E-state index is 0.0936. The molecule has 0 aliphatic carbocycles. The second-order valence-corrected chi connectivity index (χ2v) is 7.05. The Morgan fingerprint density at radius 2 is 1.88 bits per heavy atom. The zero-order valence-corrected chi connectivity index (χ0v) is 15.4. The molecule has 1 aliphatic rings. The van der Waals surface area contributed by atoms with Crippen LogP contribution < -0.4 is 10.6 Å². The second kappa shape index (κ2) is 8.70. The highest BCUT2D eigenvalue weighted by Crippen LogP contribution is 2.11. The zero-order chi connectivity index (χ0) is 19.2. The van der Waals surface area contributed by atoms with Crippen LogP contribution in [0.2, 0.25) is 0 Å². The molecule has 0 bridgehead atoms. The van der Waals surface area contributed by atoms with Gasteiger partial charge in [-0.15, -0.1) is 0 Å². The van der Waals surface area contributed by atoms with Gasteiger partial charge in [-0.1, -0.05) is 0 Å². The van der Waals surface area contributed by atoms with Crippen molar-refractivity contribution in [2.75, 3.05) is 32.7 Å². The Balaban J connectivity index is 1.66. The highest BCUT2D eigenvalue weighted by atomic mass is 16.6. The quantitative estimate of drug-likeness (QED) is 0.829. The lowest BCUT2D eigenvalue weighted by Crippen LogP contribution is -2.53. The monoisotopic (exact) mass is 366 g/mol. The molecule has 1 aromatic rings.